The van der Waals surface area contributed by atoms with E-state index in [2.05, 4.69) is 5.16 Å². The van der Waals surface area contributed by atoms with Crippen LogP contribution in [0.2, 0.25) is 5.02 Å². The number of piperidine rings is 1. The average molecular weight is 286 g/mol. The highest BCUT2D eigenvalue weighted by Gasteiger charge is 2.27. The predicted octanol–water partition coefficient (Wildman–Crippen LogP) is 2.58. The highest BCUT2D eigenvalue weighted by Crippen LogP contribution is 2.25. The van der Waals surface area contributed by atoms with Crippen molar-refractivity contribution in [2.45, 2.75) is 31.8 Å². The summed E-state index contributed by atoms with van der Waals surface area (Å²) >= 11 is 6.03. The monoisotopic (exact) mass is 285 g/mol. The van der Waals surface area contributed by atoms with Crippen LogP contribution in [-0.4, -0.2) is 28.5 Å². The van der Waals surface area contributed by atoms with Crippen LogP contribution >= 0.6 is 11.6 Å². The molecule has 19 heavy (non-hydrogen) atoms. The number of halogens is 2. The molecular formula is C13H17ClFN3O. The van der Waals surface area contributed by atoms with Crippen LogP contribution in [0, 0.1) is 5.82 Å². The lowest BCUT2D eigenvalue weighted by molar-refractivity contribution is 0.176. The van der Waals surface area contributed by atoms with Crippen molar-refractivity contribution in [1.29, 1.82) is 0 Å². The van der Waals surface area contributed by atoms with Gasteiger partial charge in [-0.2, -0.15) is 0 Å². The van der Waals surface area contributed by atoms with E-state index in [1.807, 2.05) is 4.90 Å². The molecule has 0 aliphatic carbocycles. The summed E-state index contributed by atoms with van der Waals surface area (Å²) in [4.78, 5) is 2.00. The summed E-state index contributed by atoms with van der Waals surface area (Å²) in [5.74, 6) is -0.150. The van der Waals surface area contributed by atoms with E-state index < -0.39 is 0 Å². The molecule has 3 N–H and O–H groups in total. The smallest absolute Gasteiger partial charge is 0.156 e. The molecule has 1 fully saturated rings. The maximum absolute atomic E-state index is 13.8. The van der Waals surface area contributed by atoms with E-state index in [0.29, 0.717) is 17.1 Å². The van der Waals surface area contributed by atoms with Gasteiger partial charge in [0, 0.05) is 17.1 Å². The number of nitrogens with two attached hydrogens (primary N) is 1. The van der Waals surface area contributed by atoms with Gasteiger partial charge in [0.15, 0.2) is 5.84 Å². The second kappa shape index (κ2) is 6.21. The summed E-state index contributed by atoms with van der Waals surface area (Å²) in [7, 11) is 0. The lowest BCUT2D eigenvalue weighted by Gasteiger charge is -2.34. The van der Waals surface area contributed by atoms with E-state index in [1.54, 1.807) is 12.1 Å². The molecule has 1 atom stereocenters. The zero-order valence-corrected chi connectivity index (χ0v) is 11.3. The van der Waals surface area contributed by atoms with Crippen LogP contribution in [0.5, 0.6) is 0 Å². The van der Waals surface area contributed by atoms with Gasteiger partial charge in [0.25, 0.3) is 0 Å². The van der Waals surface area contributed by atoms with E-state index in [9.17, 15) is 4.39 Å². The van der Waals surface area contributed by atoms with Crippen LogP contribution in [0.25, 0.3) is 0 Å². The van der Waals surface area contributed by atoms with Crippen molar-refractivity contribution in [1.82, 2.24) is 4.90 Å². The zero-order chi connectivity index (χ0) is 13.8. The third kappa shape index (κ3) is 3.16. The first-order chi connectivity index (χ1) is 9.13. The van der Waals surface area contributed by atoms with Gasteiger partial charge in [0.1, 0.15) is 5.82 Å². The number of hydrogen-bond donors (Lipinski definition) is 2. The first-order valence-electron chi connectivity index (χ1n) is 6.28. The van der Waals surface area contributed by atoms with E-state index in [1.165, 1.54) is 6.07 Å². The van der Waals surface area contributed by atoms with Crippen molar-refractivity contribution in [3.8, 4) is 0 Å². The van der Waals surface area contributed by atoms with Gasteiger partial charge in [0.2, 0.25) is 0 Å². The van der Waals surface area contributed by atoms with Crippen molar-refractivity contribution in [2.75, 3.05) is 6.54 Å². The molecule has 1 aromatic rings. The van der Waals surface area contributed by atoms with Gasteiger partial charge >= 0.3 is 0 Å². The molecule has 1 aliphatic heterocycles. The number of hydrogen-bond acceptors (Lipinski definition) is 3. The van der Waals surface area contributed by atoms with E-state index in [0.717, 1.165) is 25.8 Å². The first kappa shape index (κ1) is 14.1. The van der Waals surface area contributed by atoms with Gasteiger partial charge in [-0.1, -0.05) is 29.2 Å². The Morgan fingerprint density at radius 3 is 3.00 bits per heavy atom. The fraction of sp³-hybridized carbons (Fsp3) is 0.462. The summed E-state index contributed by atoms with van der Waals surface area (Å²) in [6.45, 7) is 1.15. The number of benzene rings is 1. The molecule has 1 unspecified atom stereocenters. The second-order valence-corrected chi connectivity index (χ2v) is 5.11. The third-order valence-electron chi connectivity index (χ3n) is 3.49. The van der Waals surface area contributed by atoms with Gasteiger partial charge in [-0.15, -0.1) is 0 Å². The van der Waals surface area contributed by atoms with Crippen molar-refractivity contribution in [3.05, 3.63) is 34.6 Å². The average Bonchev–Trinajstić information content (AvgIpc) is 2.42. The highest BCUT2D eigenvalue weighted by molar-refractivity contribution is 6.31. The number of likely N-dealkylation sites (tertiary alicyclic amines) is 1. The molecule has 2 rings (SSSR count). The lowest BCUT2D eigenvalue weighted by Crippen LogP contribution is -2.47. The molecule has 1 aliphatic rings. The predicted molar refractivity (Wildman–Crippen MR) is 72.9 cm³/mol. The Balaban J connectivity index is 2.20. The van der Waals surface area contributed by atoms with Crippen molar-refractivity contribution in [3.63, 3.8) is 0 Å². The van der Waals surface area contributed by atoms with Gasteiger partial charge in [-0.3, -0.25) is 4.90 Å². The molecule has 0 saturated carbocycles. The standard InChI is InChI=1S/C13H17ClFN3O/c14-10-4-3-5-11(15)9(10)8-18-7-2-1-6-12(18)13(16)17-19/h3-5,12,19H,1-2,6-8H2,(H2,16,17). The SMILES string of the molecule is NC(=NO)C1CCCCN1Cc1c(F)cccc1Cl. The minimum atomic E-state index is -0.323. The summed E-state index contributed by atoms with van der Waals surface area (Å²) in [5, 5.41) is 12.3. The van der Waals surface area contributed by atoms with E-state index in [4.69, 9.17) is 22.5 Å². The molecule has 4 nitrogen and oxygen atoms in total. The van der Waals surface area contributed by atoms with E-state index in [-0.39, 0.29) is 17.7 Å². The molecule has 0 aromatic heterocycles. The van der Waals surface area contributed by atoms with Crippen molar-refractivity contribution < 1.29 is 9.60 Å². The topological polar surface area (TPSA) is 61.9 Å². The molecule has 1 heterocycles. The van der Waals surface area contributed by atoms with Crippen LogP contribution in [0.4, 0.5) is 4.39 Å². The Morgan fingerprint density at radius 1 is 1.53 bits per heavy atom. The quantitative estimate of drug-likeness (QED) is 0.388. The Morgan fingerprint density at radius 2 is 2.32 bits per heavy atom. The van der Waals surface area contributed by atoms with E-state index >= 15 is 0 Å². The zero-order valence-electron chi connectivity index (χ0n) is 10.5. The number of amidine groups is 1. The molecule has 1 aromatic carbocycles. The maximum atomic E-state index is 13.8. The Bertz CT molecular complexity index is 461. The summed E-state index contributed by atoms with van der Waals surface area (Å²) in [6.07, 6.45) is 2.84. The minimum absolute atomic E-state index is 0.158. The summed E-state index contributed by atoms with van der Waals surface area (Å²) in [6, 6.07) is 4.49. The molecule has 0 bridgehead atoms. The van der Waals surface area contributed by atoms with Crippen LogP contribution in [-0.2, 0) is 6.54 Å². The number of oxime groups is 1. The van der Waals surface area contributed by atoms with Crippen LogP contribution in [0.3, 0.4) is 0 Å². The maximum Gasteiger partial charge on any atom is 0.156 e. The van der Waals surface area contributed by atoms with Gasteiger partial charge in [-0.25, -0.2) is 4.39 Å². The minimum Gasteiger partial charge on any atom is -0.409 e. The fourth-order valence-corrected chi connectivity index (χ4v) is 2.69. The second-order valence-electron chi connectivity index (χ2n) is 4.71. The molecule has 0 radical (unpaired) electrons. The van der Waals surface area contributed by atoms with Crippen molar-refractivity contribution >= 4 is 17.4 Å². The summed E-state index contributed by atoms with van der Waals surface area (Å²) in [5.41, 5.74) is 6.16. The normalized spacial score (nSPS) is 21.6. The van der Waals surface area contributed by atoms with Gasteiger partial charge < -0.3 is 10.9 Å². The largest absolute Gasteiger partial charge is 0.409 e. The van der Waals surface area contributed by atoms with Crippen LogP contribution < -0.4 is 5.73 Å². The molecule has 0 amide bonds. The van der Waals surface area contributed by atoms with Crippen molar-refractivity contribution in [2.24, 2.45) is 10.9 Å². The molecule has 1 saturated heterocycles. The molecule has 6 heteroatoms. The summed E-state index contributed by atoms with van der Waals surface area (Å²) < 4.78 is 13.8. The van der Waals surface area contributed by atoms with Crippen LogP contribution in [0.1, 0.15) is 24.8 Å². The highest BCUT2D eigenvalue weighted by atomic mass is 35.5. The lowest BCUT2D eigenvalue weighted by atomic mass is 10.00. The Labute approximate surface area is 116 Å². The molecule has 0 spiro atoms. The fourth-order valence-electron chi connectivity index (χ4n) is 2.47. The van der Waals surface area contributed by atoms with Crippen LogP contribution in [0.15, 0.2) is 23.4 Å². The molecular weight excluding hydrogens is 269 g/mol. The molecule has 104 valence electrons. The number of rotatable bonds is 3. The first-order valence-corrected chi connectivity index (χ1v) is 6.65. The third-order valence-corrected chi connectivity index (χ3v) is 3.85. The number of nitrogens with zero attached hydrogens (tertiary/aromatic N) is 2. The van der Waals surface area contributed by atoms with Gasteiger partial charge in [-0.05, 0) is 31.5 Å². The Kier molecular flexibility index (Phi) is 4.61. The Hall–Kier alpha value is -1.33. The van der Waals surface area contributed by atoms with Gasteiger partial charge in [0.05, 0.1) is 6.04 Å².